The molecular formula is C10H11N3O3. The number of aromatic nitrogens is 2. The van der Waals surface area contributed by atoms with Crippen molar-refractivity contribution in [3.05, 3.63) is 18.2 Å². The molecule has 6 nitrogen and oxygen atoms in total. The minimum absolute atomic E-state index is 0.181. The number of aromatic hydroxyl groups is 2. The first-order chi connectivity index (χ1) is 7.70. The Kier molecular flexibility index (Phi) is 2.63. The summed E-state index contributed by atoms with van der Waals surface area (Å²) in [5, 5.41) is 25.1. The molecule has 0 bridgehead atoms. The second-order valence-electron chi connectivity index (χ2n) is 3.16. The fourth-order valence-corrected chi connectivity index (χ4v) is 1.23. The predicted molar refractivity (Wildman–Crippen MR) is 57.2 cm³/mol. The zero-order chi connectivity index (χ0) is 11.5. The molecule has 0 atom stereocenters. The Morgan fingerprint density at radius 1 is 1.31 bits per heavy atom. The van der Waals surface area contributed by atoms with E-state index in [0.29, 0.717) is 23.9 Å². The van der Waals surface area contributed by atoms with E-state index in [9.17, 15) is 5.11 Å². The first-order valence-electron chi connectivity index (χ1n) is 4.80. The molecule has 16 heavy (non-hydrogen) atoms. The first-order valence-corrected chi connectivity index (χ1v) is 4.80. The van der Waals surface area contributed by atoms with Gasteiger partial charge >= 0.3 is 6.01 Å². The lowest BCUT2D eigenvalue weighted by atomic mass is 10.2. The summed E-state index contributed by atoms with van der Waals surface area (Å²) < 4.78 is 4.91. The second-order valence-corrected chi connectivity index (χ2v) is 3.16. The summed E-state index contributed by atoms with van der Waals surface area (Å²) in [6.45, 7) is 2.60. The number of benzene rings is 1. The zero-order valence-corrected chi connectivity index (χ0v) is 8.64. The van der Waals surface area contributed by atoms with Gasteiger partial charge in [-0.3, -0.25) is 0 Å². The summed E-state index contributed by atoms with van der Waals surface area (Å²) in [5.41, 5.74) is 0.572. The van der Waals surface area contributed by atoms with Crippen LogP contribution < -0.4 is 5.32 Å². The SMILES string of the molecule is CCNc1nc(-c2ccc(O)c(O)c2)no1. The van der Waals surface area contributed by atoms with Gasteiger partial charge in [0.2, 0.25) is 5.82 Å². The summed E-state index contributed by atoms with van der Waals surface area (Å²) >= 11 is 0. The van der Waals surface area contributed by atoms with Crippen LogP contribution in [-0.2, 0) is 0 Å². The predicted octanol–water partition coefficient (Wildman–Crippen LogP) is 1.58. The molecular weight excluding hydrogens is 210 g/mol. The van der Waals surface area contributed by atoms with Gasteiger partial charge in [0.1, 0.15) is 0 Å². The smallest absolute Gasteiger partial charge is 0.321 e. The normalized spacial score (nSPS) is 10.3. The van der Waals surface area contributed by atoms with Crippen LogP contribution in [0.25, 0.3) is 11.4 Å². The summed E-state index contributed by atoms with van der Waals surface area (Å²) in [4.78, 5) is 4.06. The van der Waals surface area contributed by atoms with E-state index in [0.717, 1.165) is 0 Å². The summed E-state index contributed by atoms with van der Waals surface area (Å²) in [6.07, 6.45) is 0. The van der Waals surface area contributed by atoms with Gasteiger partial charge in [0, 0.05) is 12.1 Å². The van der Waals surface area contributed by atoms with Crippen LogP contribution in [0.1, 0.15) is 6.92 Å². The van der Waals surface area contributed by atoms with Gasteiger partial charge in [0.05, 0.1) is 0 Å². The molecule has 0 unspecified atom stereocenters. The monoisotopic (exact) mass is 221 g/mol. The van der Waals surface area contributed by atoms with Gasteiger partial charge in [0.25, 0.3) is 0 Å². The van der Waals surface area contributed by atoms with Crippen LogP contribution in [-0.4, -0.2) is 26.9 Å². The first kappa shape index (κ1) is 10.3. The van der Waals surface area contributed by atoms with Crippen molar-refractivity contribution < 1.29 is 14.7 Å². The average molecular weight is 221 g/mol. The lowest BCUT2D eigenvalue weighted by Gasteiger charge is -1.98. The van der Waals surface area contributed by atoms with E-state index in [1.54, 1.807) is 6.07 Å². The van der Waals surface area contributed by atoms with Crippen molar-refractivity contribution in [1.82, 2.24) is 10.1 Å². The highest BCUT2D eigenvalue weighted by Gasteiger charge is 2.09. The molecule has 1 aromatic carbocycles. The number of phenolic OH excluding ortho intramolecular Hbond substituents is 2. The van der Waals surface area contributed by atoms with Crippen LogP contribution in [0.4, 0.5) is 6.01 Å². The summed E-state index contributed by atoms with van der Waals surface area (Å²) in [7, 11) is 0. The Labute approximate surface area is 91.5 Å². The molecule has 0 aliphatic heterocycles. The molecule has 2 aromatic rings. The van der Waals surface area contributed by atoms with Crippen molar-refractivity contribution in [1.29, 1.82) is 0 Å². The van der Waals surface area contributed by atoms with Gasteiger partial charge in [-0.2, -0.15) is 4.98 Å². The number of hydrogen-bond donors (Lipinski definition) is 3. The van der Waals surface area contributed by atoms with Gasteiger partial charge in [-0.1, -0.05) is 5.16 Å². The van der Waals surface area contributed by atoms with Gasteiger partial charge < -0.3 is 20.1 Å². The van der Waals surface area contributed by atoms with Crippen molar-refractivity contribution >= 4 is 6.01 Å². The zero-order valence-electron chi connectivity index (χ0n) is 8.64. The molecule has 0 saturated carbocycles. The van der Waals surface area contributed by atoms with Crippen molar-refractivity contribution in [2.45, 2.75) is 6.92 Å². The lowest BCUT2D eigenvalue weighted by molar-refractivity contribution is 0.404. The molecule has 0 fully saturated rings. The molecule has 0 aliphatic rings. The number of rotatable bonds is 3. The van der Waals surface area contributed by atoms with Crippen LogP contribution in [0.5, 0.6) is 11.5 Å². The fraction of sp³-hybridized carbons (Fsp3) is 0.200. The maximum absolute atomic E-state index is 9.32. The highest BCUT2D eigenvalue weighted by molar-refractivity contribution is 5.60. The minimum atomic E-state index is -0.215. The summed E-state index contributed by atoms with van der Waals surface area (Å²) in [6, 6.07) is 4.66. The Morgan fingerprint density at radius 2 is 2.12 bits per heavy atom. The molecule has 1 heterocycles. The Morgan fingerprint density at radius 3 is 2.81 bits per heavy atom. The number of phenols is 2. The maximum Gasteiger partial charge on any atom is 0.321 e. The maximum atomic E-state index is 9.32. The standard InChI is InChI=1S/C10H11N3O3/c1-2-11-10-12-9(13-16-10)6-3-4-7(14)8(15)5-6/h3-5,14-15H,2H2,1H3,(H,11,12,13). The van der Waals surface area contributed by atoms with E-state index in [4.69, 9.17) is 9.63 Å². The van der Waals surface area contributed by atoms with E-state index >= 15 is 0 Å². The third-order valence-electron chi connectivity index (χ3n) is 1.99. The highest BCUT2D eigenvalue weighted by Crippen LogP contribution is 2.29. The molecule has 0 radical (unpaired) electrons. The molecule has 6 heteroatoms. The molecule has 0 saturated heterocycles. The average Bonchev–Trinajstić information content (AvgIpc) is 2.71. The quantitative estimate of drug-likeness (QED) is 0.681. The van der Waals surface area contributed by atoms with Gasteiger partial charge in [0.15, 0.2) is 11.5 Å². The highest BCUT2D eigenvalue weighted by atomic mass is 16.5. The third kappa shape index (κ3) is 1.90. The number of anilines is 1. The van der Waals surface area contributed by atoms with E-state index < -0.39 is 0 Å². The molecule has 84 valence electrons. The van der Waals surface area contributed by atoms with Gasteiger partial charge in [-0.05, 0) is 25.1 Å². The topological polar surface area (TPSA) is 91.4 Å². The Hall–Kier alpha value is -2.24. The van der Waals surface area contributed by atoms with Crippen LogP contribution in [0, 0.1) is 0 Å². The number of nitrogens with zero attached hydrogens (tertiary/aromatic N) is 2. The van der Waals surface area contributed by atoms with Gasteiger partial charge in [-0.15, -0.1) is 0 Å². The van der Waals surface area contributed by atoms with Crippen LogP contribution in [0.2, 0.25) is 0 Å². The van der Waals surface area contributed by atoms with E-state index in [2.05, 4.69) is 15.5 Å². The largest absolute Gasteiger partial charge is 0.504 e. The second kappa shape index (κ2) is 4.09. The van der Waals surface area contributed by atoms with E-state index in [1.165, 1.54) is 12.1 Å². The molecule has 3 N–H and O–H groups in total. The lowest BCUT2D eigenvalue weighted by Crippen LogP contribution is -1.95. The number of hydrogen-bond acceptors (Lipinski definition) is 6. The third-order valence-corrected chi connectivity index (χ3v) is 1.99. The molecule has 0 amide bonds. The molecule has 0 spiro atoms. The summed E-state index contributed by atoms with van der Waals surface area (Å²) in [5.74, 6) is -0.0438. The van der Waals surface area contributed by atoms with Crippen molar-refractivity contribution in [2.24, 2.45) is 0 Å². The van der Waals surface area contributed by atoms with Gasteiger partial charge in [-0.25, -0.2) is 0 Å². The van der Waals surface area contributed by atoms with Crippen molar-refractivity contribution in [3.63, 3.8) is 0 Å². The van der Waals surface area contributed by atoms with E-state index in [1.807, 2.05) is 6.92 Å². The molecule has 2 rings (SSSR count). The molecule has 1 aromatic heterocycles. The van der Waals surface area contributed by atoms with Crippen LogP contribution in [0.15, 0.2) is 22.7 Å². The van der Waals surface area contributed by atoms with Crippen molar-refractivity contribution in [2.75, 3.05) is 11.9 Å². The van der Waals surface area contributed by atoms with Crippen LogP contribution >= 0.6 is 0 Å². The Bertz CT molecular complexity index is 496. The molecule has 0 aliphatic carbocycles. The number of nitrogens with one attached hydrogen (secondary N) is 1. The minimum Gasteiger partial charge on any atom is -0.504 e. The van der Waals surface area contributed by atoms with Crippen LogP contribution in [0.3, 0.4) is 0 Å². The fourth-order valence-electron chi connectivity index (χ4n) is 1.23. The van der Waals surface area contributed by atoms with Crippen molar-refractivity contribution in [3.8, 4) is 22.9 Å². The Balaban J connectivity index is 2.31. The van der Waals surface area contributed by atoms with E-state index in [-0.39, 0.29) is 11.5 Å².